The number of ketones is 2. The number of carbonyl (C=O) groups excluding carboxylic acids is 5. The molecule has 8 bridgehead atoms. The Balaban J connectivity index is 2.11. The number of nitrogens with one attached hydrogen (secondary N) is 2. The summed E-state index contributed by atoms with van der Waals surface area (Å²) in [6.45, 7) is 9.69. The molecule has 0 saturated carbocycles. The van der Waals surface area contributed by atoms with E-state index in [4.69, 9.17) is 19.2 Å². The first-order chi connectivity index (χ1) is 24.0. The van der Waals surface area contributed by atoms with Crippen LogP contribution in [0.3, 0.4) is 0 Å². The zero-order chi connectivity index (χ0) is 37.7. The van der Waals surface area contributed by atoms with Crippen molar-refractivity contribution in [3.63, 3.8) is 0 Å². The fraction of sp³-hybridized carbons (Fsp3) is 0.432. The molecule has 0 aromatic carbocycles. The number of rotatable bonds is 8. The molecule has 0 aliphatic carbocycles. The Hall–Kier alpha value is -5.21. The summed E-state index contributed by atoms with van der Waals surface area (Å²) in [5, 5.41) is 23.9. The highest BCUT2D eigenvalue weighted by Crippen LogP contribution is 2.47. The van der Waals surface area contributed by atoms with Gasteiger partial charge in [-0.2, -0.15) is 0 Å². The minimum absolute atomic E-state index is 0.0125. The van der Waals surface area contributed by atoms with Gasteiger partial charge in [0.15, 0.2) is 5.78 Å². The number of aromatic amines is 2. The maximum Gasteiger partial charge on any atom is 0.379 e. The lowest BCUT2D eigenvalue weighted by atomic mass is 9.80. The van der Waals surface area contributed by atoms with Crippen molar-refractivity contribution in [1.82, 2.24) is 19.9 Å². The first kappa shape index (κ1) is 37.1. The number of hydrogen-bond acceptors (Lipinski definition) is 12. The number of aliphatic hydroxyl groups is 2. The predicted octanol–water partition coefficient (Wildman–Crippen LogP) is 4.62. The zero-order valence-corrected chi connectivity index (χ0v) is 30.1. The van der Waals surface area contributed by atoms with E-state index < -0.39 is 46.7 Å². The molecule has 0 spiro atoms. The van der Waals surface area contributed by atoms with Crippen LogP contribution in [0, 0.1) is 13.8 Å². The van der Waals surface area contributed by atoms with Crippen molar-refractivity contribution in [3.05, 3.63) is 68.8 Å². The molecule has 3 aromatic rings. The number of fused-ring (bicyclic) bond motifs is 8. The third kappa shape index (κ3) is 5.91. The fourth-order valence-electron chi connectivity index (χ4n) is 7.20. The lowest BCUT2D eigenvalue weighted by molar-refractivity contribution is -0.148. The summed E-state index contributed by atoms with van der Waals surface area (Å²) >= 11 is 0. The van der Waals surface area contributed by atoms with Crippen molar-refractivity contribution >= 4 is 51.5 Å². The monoisotopic (exact) mass is 702 g/mol. The van der Waals surface area contributed by atoms with Gasteiger partial charge >= 0.3 is 17.9 Å². The van der Waals surface area contributed by atoms with Crippen LogP contribution in [0.15, 0.2) is 18.2 Å². The lowest BCUT2D eigenvalue weighted by Gasteiger charge is -2.34. The van der Waals surface area contributed by atoms with Gasteiger partial charge in [0.05, 0.1) is 60.6 Å². The van der Waals surface area contributed by atoms with Gasteiger partial charge in [-0.25, -0.2) is 9.59 Å². The van der Waals surface area contributed by atoms with Crippen LogP contribution in [0.5, 0.6) is 0 Å². The van der Waals surface area contributed by atoms with E-state index in [-0.39, 0.29) is 69.9 Å². The first-order valence-corrected chi connectivity index (χ1v) is 16.5. The minimum Gasteiger partial charge on any atom is -0.469 e. The first-order valence-electron chi connectivity index (χ1n) is 16.5. The topological polar surface area (TPSA) is 211 Å². The van der Waals surface area contributed by atoms with Crippen LogP contribution in [0.1, 0.15) is 124 Å². The molecule has 4 N–H and O–H groups in total. The van der Waals surface area contributed by atoms with E-state index in [0.717, 1.165) is 7.11 Å². The number of ether oxygens (including phenoxy) is 3. The summed E-state index contributed by atoms with van der Waals surface area (Å²) in [4.78, 5) is 81.9. The maximum absolute atomic E-state index is 14.1. The predicted molar refractivity (Wildman–Crippen MR) is 184 cm³/mol. The van der Waals surface area contributed by atoms with E-state index in [2.05, 4.69) is 15.0 Å². The molecule has 270 valence electrons. The number of methoxy groups -OCH3 is 3. The standard InChI is InChI=1S/C37H42N4O10/c1-10-37(48)26-14-23-18(4)29(34(45)50-8)32(40-23)30(33(44)35(46)51-9)31-20(11-12-27(43)49-7)16(2)21(39-31)13-22-17(3)28(19(5)42)24(38-22)15-25(41-26)36(37,6)47/h13-16,20,38,40,47-48H,10-12H2,1-9H3/t16-,20-,36?,37?/m0/s1. The van der Waals surface area contributed by atoms with Gasteiger partial charge < -0.3 is 34.4 Å². The van der Waals surface area contributed by atoms with E-state index in [0.29, 0.717) is 27.9 Å². The van der Waals surface area contributed by atoms with Crippen LogP contribution in [0.4, 0.5) is 0 Å². The molecule has 0 radical (unpaired) electrons. The number of esters is 3. The lowest BCUT2D eigenvalue weighted by Crippen LogP contribution is -2.43. The quantitative estimate of drug-likeness (QED) is 0.110. The molecule has 2 unspecified atom stereocenters. The van der Waals surface area contributed by atoms with Gasteiger partial charge in [0.1, 0.15) is 11.2 Å². The molecule has 14 heteroatoms. The Kier molecular flexibility index (Phi) is 9.80. The highest BCUT2D eigenvalue weighted by Gasteiger charge is 2.53. The van der Waals surface area contributed by atoms with Gasteiger partial charge in [-0.15, -0.1) is 0 Å². The van der Waals surface area contributed by atoms with Gasteiger partial charge in [0.2, 0.25) is 0 Å². The molecule has 2 aliphatic rings. The number of H-pyrrole nitrogens is 2. The second kappa shape index (κ2) is 13.5. The number of carbonyl (C=O) groups is 5. The van der Waals surface area contributed by atoms with Crippen LogP contribution >= 0.6 is 0 Å². The fourth-order valence-corrected chi connectivity index (χ4v) is 7.20. The van der Waals surface area contributed by atoms with Crippen molar-refractivity contribution in [3.8, 4) is 0 Å². The average Bonchev–Trinajstić information content (AvgIpc) is 3.74. The molecule has 14 nitrogen and oxygen atoms in total. The molecule has 0 amide bonds. The van der Waals surface area contributed by atoms with Crippen molar-refractivity contribution in [2.75, 3.05) is 21.3 Å². The van der Waals surface area contributed by atoms with Crippen LogP contribution in [0.2, 0.25) is 0 Å². The molecule has 0 saturated heterocycles. The maximum atomic E-state index is 14.1. The summed E-state index contributed by atoms with van der Waals surface area (Å²) in [6, 6.07) is 4.69. The van der Waals surface area contributed by atoms with Gasteiger partial charge in [-0.05, 0) is 69.9 Å². The SMILES string of the molecule is CCC1(O)c2cc3[nH]c(c(C(=O)C(=O)OC)c4nc(cc5[nH]c(cc(n2)C1(C)O)c(C(C)=O)c5C)[C@@H](C)[C@@H]4CCC(=O)OC)c(C(=O)OC)c3C. The van der Waals surface area contributed by atoms with Gasteiger partial charge in [0.25, 0.3) is 5.78 Å². The number of hydrogen-bond donors (Lipinski definition) is 4. The Morgan fingerprint density at radius 2 is 1.47 bits per heavy atom. The van der Waals surface area contributed by atoms with E-state index >= 15 is 0 Å². The van der Waals surface area contributed by atoms with E-state index in [1.54, 1.807) is 26.8 Å². The summed E-state index contributed by atoms with van der Waals surface area (Å²) in [5.74, 6) is -5.02. The summed E-state index contributed by atoms with van der Waals surface area (Å²) in [6.07, 6.45) is 0.120. The van der Waals surface area contributed by atoms with Crippen LogP contribution in [0.25, 0.3) is 22.1 Å². The normalized spacial score (nSPS) is 21.2. The molecule has 5 rings (SSSR count). The molecule has 4 atom stereocenters. The number of nitrogens with zero attached hydrogens (tertiary/aromatic N) is 2. The molecule has 51 heavy (non-hydrogen) atoms. The number of aryl methyl sites for hydroxylation is 2. The Labute approximate surface area is 293 Å². The van der Waals surface area contributed by atoms with E-state index in [9.17, 15) is 34.2 Å². The Bertz CT molecular complexity index is 2160. The van der Waals surface area contributed by atoms with Crippen molar-refractivity contribution in [1.29, 1.82) is 0 Å². The average molecular weight is 703 g/mol. The van der Waals surface area contributed by atoms with Gasteiger partial charge in [0, 0.05) is 40.5 Å². The molecular formula is C37H42N4O10. The molecule has 2 aliphatic heterocycles. The van der Waals surface area contributed by atoms with Crippen LogP contribution < -0.4 is 0 Å². The highest BCUT2D eigenvalue weighted by atomic mass is 16.5. The smallest absolute Gasteiger partial charge is 0.379 e. The summed E-state index contributed by atoms with van der Waals surface area (Å²) in [7, 11) is 3.48. The molecule has 5 heterocycles. The zero-order valence-electron chi connectivity index (χ0n) is 30.1. The van der Waals surface area contributed by atoms with E-state index in [1.165, 1.54) is 40.2 Å². The van der Waals surface area contributed by atoms with Crippen molar-refractivity contribution in [2.24, 2.45) is 0 Å². The molecule has 0 fully saturated rings. The summed E-state index contributed by atoms with van der Waals surface area (Å²) < 4.78 is 14.9. The van der Waals surface area contributed by atoms with Gasteiger partial charge in [-0.1, -0.05) is 13.8 Å². The van der Waals surface area contributed by atoms with E-state index in [1.807, 2.05) is 6.92 Å². The molecule has 3 aromatic heterocycles. The largest absolute Gasteiger partial charge is 0.469 e. The second-order valence-electron chi connectivity index (χ2n) is 13.1. The highest BCUT2D eigenvalue weighted by molar-refractivity contribution is 6.43. The number of Topliss-reactive ketones (excluding diaryl/α,β-unsaturated/α-hetero) is 2. The Morgan fingerprint density at radius 3 is 2.06 bits per heavy atom. The second-order valence-corrected chi connectivity index (χ2v) is 13.1. The Morgan fingerprint density at radius 1 is 0.843 bits per heavy atom. The van der Waals surface area contributed by atoms with Gasteiger partial charge in [-0.3, -0.25) is 24.4 Å². The van der Waals surface area contributed by atoms with Crippen molar-refractivity contribution in [2.45, 2.75) is 83.8 Å². The van der Waals surface area contributed by atoms with Crippen LogP contribution in [-0.2, 0) is 35.0 Å². The minimum atomic E-state index is -1.94. The molecular weight excluding hydrogens is 660 g/mol. The van der Waals surface area contributed by atoms with Crippen molar-refractivity contribution < 1.29 is 48.4 Å². The summed E-state index contributed by atoms with van der Waals surface area (Å²) in [5.41, 5.74) is -1.45. The van der Waals surface area contributed by atoms with Crippen LogP contribution in [-0.4, -0.2) is 81.0 Å². The number of aromatic nitrogens is 4. The third-order valence-corrected chi connectivity index (χ3v) is 10.3. The third-order valence-electron chi connectivity index (χ3n) is 10.3.